The SMILES string of the molecule is O=C(Nc1cnccc1SCCCO)C1CC1. The second-order valence-corrected chi connectivity index (χ2v) is 5.20. The van der Waals surface area contributed by atoms with E-state index in [2.05, 4.69) is 10.3 Å². The van der Waals surface area contributed by atoms with Crippen molar-refractivity contribution in [1.82, 2.24) is 4.98 Å². The molecule has 0 radical (unpaired) electrons. The van der Waals surface area contributed by atoms with E-state index in [-0.39, 0.29) is 18.4 Å². The van der Waals surface area contributed by atoms with Gasteiger partial charge in [0.15, 0.2) is 0 Å². The summed E-state index contributed by atoms with van der Waals surface area (Å²) in [7, 11) is 0. The fraction of sp³-hybridized carbons (Fsp3) is 0.500. The maximum Gasteiger partial charge on any atom is 0.227 e. The molecule has 2 rings (SSSR count). The van der Waals surface area contributed by atoms with Crippen LogP contribution in [0.4, 0.5) is 5.69 Å². The monoisotopic (exact) mass is 252 g/mol. The van der Waals surface area contributed by atoms with Crippen molar-refractivity contribution in [3.63, 3.8) is 0 Å². The summed E-state index contributed by atoms with van der Waals surface area (Å²) in [6, 6.07) is 1.89. The van der Waals surface area contributed by atoms with Crippen LogP contribution in [0.15, 0.2) is 23.4 Å². The lowest BCUT2D eigenvalue weighted by Gasteiger charge is -2.09. The van der Waals surface area contributed by atoms with Gasteiger partial charge in [0.1, 0.15) is 0 Å². The van der Waals surface area contributed by atoms with Gasteiger partial charge in [-0.2, -0.15) is 0 Å². The molecule has 5 heteroatoms. The van der Waals surface area contributed by atoms with Crippen molar-refractivity contribution in [2.24, 2.45) is 5.92 Å². The second-order valence-electron chi connectivity index (χ2n) is 4.06. The second kappa shape index (κ2) is 6.02. The van der Waals surface area contributed by atoms with Gasteiger partial charge in [0.25, 0.3) is 0 Å². The minimum absolute atomic E-state index is 0.0991. The van der Waals surface area contributed by atoms with E-state index < -0.39 is 0 Å². The number of nitrogens with one attached hydrogen (secondary N) is 1. The summed E-state index contributed by atoms with van der Waals surface area (Å²) in [4.78, 5) is 16.7. The van der Waals surface area contributed by atoms with E-state index in [0.29, 0.717) is 0 Å². The molecule has 1 fully saturated rings. The van der Waals surface area contributed by atoms with Crippen LogP contribution >= 0.6 is 11.8 Å². The zero-order chi connectivity index (χ0) is 12.1. The Morgan fingerprint density at radius 2 is 2.41 bits per heavy atom. The minimum Gasteiger partial charge on any atom is -0.396 e. The summed E-state index contributed by atoms with van der Waals surface area (Å²) in [5, 5.41) is 11.7. The highest BCUT2D eigenvalue weighted by Crippen LogP contribution is 2.32. The molecule has 1 aromatic heterocycles. The number of aromatic nitrogens is 1. The highest BCUT2D eigenvalue weighted by Gasteiger charge is 2.29. The summed E-state index contributed by atoms with van der Waals surface area (Å²) in [6.07, 6.45) is 6.15. The van der Waals surface area contributed by atoms with Crippen LogP contribution in [-0.2, 0) is 4.79 Å². The van der Waals surface area contributed by atoms with Gasteiger partial charge in [0.05, 0.1) is 11.9 Å². The number of anilines is 1. The fourth-order valence-electron chi connectivity index (χ4n) is 1.43. The predicted octanol–water partition coefficient (Wildman–Crippen LogP) is 1.90. The maximum atomic E-state index is 11.7. The summed E-state index contributed by atoms with van der Waals surface area (Å²) in [5.41, 5.74) is 0.785. The molecule has 0 aromatic carbocycles. The molecule has 1 heterocycles. The van der Waals surface area contributed by atoms with E-state index in [1.807, 2.05) is 6.07 Å². The smallest absolute Gasteiger partial charge is 0.227 e. The highest BCUT2D eigenvalue weighted by molar-refractivity contribution is 7.99. The standard InChI is InChI=1S/C12H16N2O2S/c15-6-1-7-17-11-4-5-13-8-10(11)14-12(16)9-2-3-9/h4-5,8-9,15H,1-3,6-7H2,(H,14,16). The van der Waals surface area contributed by atoms with E-state index in [9.17, 15) is 4.79 Å². The average Bonchev–Trinajstić information content (AvgIpc) is 3.15. The number of aliphatic hydroxyl groups excluding tert-OH is 1. The van der Waals surface area contributed by atoms with Crippen LogP contribution in [0.25, 0.3) is 0 Å². The first-order chi connectivity index (χ1) is 8.31. The average molecular weight is 252 g/mol. The van der Waals surface area contributed by atoms with Gasteiger partial charge in [-0.25, -0.2) is 0 Å². The minimum atomic E-state index is 0.0991. The van der Waals surface area contributed by atoms with Gasteiger partial charge in [-0.1, -0.05) is 0 Å². The Bertz CT molecular complexity index is 394. The number of carbonyl (C=O) groups excluding carboxylic acids is 1. The van der Waals surface area contributed by atoms with Gasteiger partial charge in [0, 0.05) is 29.4 Å². The lowest BCUT2D eigenvalue weighted by atomic mass is 10.3. The number of nitrogens with zero attached hydrogens (tertiary/aromatic N) is 1. The molecule has 0 aliphatic heterocycles. The van der Waals surface area contributed by atoms with E-state index in [1.54, 1.807) is 24.2 Å². The molecule has 1 amide bonds. The zero-order valence-electron chi connectivity index (χ0n) is 9.56. The number of aliphatic hydroxyl groups is 1. The number of thioether (sulfide) groups is 1. The van der Waals surface area contributed by atoms with Crippen LogP contribution in [0, 0.1) is 5.92 Å². The molecular weight excluding hydrogens is 236 g/mol. The first-order valence-electron chi connectivity index (χ1n) is 5.80. The third kappa shape index (κ3) is 3.71. The number of pyridine rings is 1. The van der Waals surface area contributed by atoms with Crippen LogP contribution < -0.4 is 5.32 Å². The summed E-state index contributed by atoms with van der Waals surface area (Å²) < 4.78 is 0. The molecule has 17 heavy (non-hydrogen) atoms. The highest BCUT2D eigenvalue weighted by atomic mass is 32.2. The van der Waals surface area contributed by atoms with E-state index in [0.717, 1.165) is 35.6 Å². The van der Waals surface area contributed by atoms with Gasteiger partial charge in [-0.15, -0.1) is 11.8 Å². The first kappa shape index (κ1) is 12.4. The van der Waals surface area contributed by atoms with Crippen LogP contribution in [0.1, 0.15) is 19.3 Å². The Labute approximate surface area is 105 Å². The summed E-state index contributed by atoms with van der Waals surface area (Å²) >= 11 is 1.63. The Kier molecular flexibility index (Phi) is 4.39. The number of hydrogen-bond acceptors (Lipinski definition) is 4. The molecule has 0 spiro atoms. The number of amides is 1. The first-order valence-corrected chi connectivity index (χ1v) is 6.78. The van der Waals surface area contributed by atoms with Gasteiger partial charge < -0.3 is 10.4 Å². The summed E-state index contributed by atoms with van der Waals surface area (Å²) in [5.74, 6) is 1.14. The molecule has 1 saturated carbocycles. The molecule has 0 atom stereocenters. The lowest BCUT2D eigenvalue weighted by Crippen LogP contribution is -2.14. The van der Waals surface area contributed by atoms with Crippen LogP contribution in [0.5, 0.6) is 0 Å². The Morgan fingerprint density at radius 1 is 1.59 bits per heavy atom. The van der Waals surface area contributed by atoms with Gasteiger partial charge in [0.2, 0.25) is 5.91 Å². The number of rotatable bonds is 6. The maximum absolute atomic E-state index is 11.7. The van der Waals surface area contributed by atoms with E-state index in [4.69, 9.17) is 5.11 Å². The Hall–Kier alpha value is -1.07. The van der Waals surface area contributed by atoms with Crippen molar-refractivity contribution in [2.45, 2.75) is 24.2 Å². The predicted molar refractivity (Wildman–Crippen MR) is 68.0 cm³/mol. The molecule has 0 bridgehead atoms. The molecule has 4 nitrogen and oxygen atoms in total. The molecule has 0 saturated heterocycles. The van der Waals surface area contributed by atoms with Crippen LogP contribution in [0.2, 0.25) is 0 Å². The number of hydrogen-bond donors (Lipinski definition) is 2. The topological polar surface area (TPSA) is 62.2 Å². The van der Waals surface area contributed by atoms with Gasteiger partial charge in [-0.3, -0.25) is 9.78 Å². The quantitative estimate of drug-likeness (QED) is 0.599. The molecule has 1 aliphatic carbocycles. The van der Waals surface area contributed by atoms with Gasteiger partial charge >= 0.3 is 0 Å². The zero-order valence-corrected chi connectivity index (χ0v) is 10.4. The molecule has 0 unspecified atom stereocenters. The Morgan fingerprint density at radius 3 is 3.12 bits per heavy atom. The molecule has 92 valence electrons. The van der Waals surface area contributed by atoms with Crippen molar-refractivity contribution < 1.29 is 9.90 Å². The normalized spacial score (nSPS) is 14.6. The summed E-state index contributed by atoms with van der Waals surface area (Å²) in [6.45, 7) is 0.196. The van der Waals surface area contributed by atoms with Crippen molar-refractivity contribution in [1.29, 1.82) is 0 Å². The van der Waals surface area contributed by atoms with Crippen molar-refractivity contribution >= 4 is 23.4 Å². The third-order valence-corrected chi connectivity index (χ3v) is 3.71. The third-order valence-electron chi connectivity index (χ3n) is 2.55. The lowest BCUT2D eigenvalue weighted by molar-refractivity contribution is -0.117. The molecule has 2 N–H and O–H groups in total. The Balaban J connectivity index is 1.96. The van der Waals surface area contributed by atoms with Gasteiger partial charge in [-0.05, 0) is 25.3 Å². The van der Waals surface area contributed by atoms with Crippen LogP contribution in [-0.4, -0.2) is 28.4 Å². The molecule has 1 aliphatic rings. The van der Waals surface area contributed by atoms with Crippen molar-refractivity contribution in [3.8, 4) is 0 Å². The molecular formula is C12H16N2O2S. The van der Waals surface area contributed by atoms with E-state index >= 15 is 0 Å². The van der Waals surface area contributed by atoms with Crippen LogP contribution in [0.3, 0.4) is 0 Å². The number of carbonyl (C=O) groups is 1. The fourth-order valence-corrected chi connectivity index (χ4v) is 2.34. The van der Waals surface area contributed by atoms with Crippen molar-refractivity contribution in [2.75, 3.05) is 17.7 Å². The van der Waals surface area contributed by atoms with E-state index in [1.165, 1.54) is 0 Å². The largest absolute Gasteiger partial charge is 0.396 e. The van der Waals surface area contributed by atoms with Crippen molar-refractivity contribution in [3.05, 3.63) is 18.5 Å². The molecule has 1 aromatic rings.